The molecule has 2 N–H and O–H groups in total. The Kier molecular flexibility index (Phi) is 6.58. The van der Waals surface area contributed by atoms with Gasteiger partial charge in [0.25, 0.3) is 5.91 Å². The SMILES string of the molecule is COC1(C(=O)NC(C)c2ccc(-n3cccn3)cc2)CCNCC1.Cl. The van der Waals surface area contributed by atoms with Gasteiger partial charge in [-0.3, -0.25) is 4.79 Å². The molecule has 3 rings (SSSR count). The van der Waals surface area contributed by atoms with Crippen molar-refractivity contribution in [1.29, 1.82) is 0 Å². The van der Waals surface area contributed by atoms with E-state index < -0.39 is 5.60 Å². The molecule has 1 unspecified atom stereocenters. The number of aromatic nitrogens is 2. The van der Waals surface area contributed by atoms with Crippen molar-refractivity contribution >= 4 is 18.3 Å². The summed E-state index contributed by atoms with van der Waals surface area (Å²) in [4.78, 5) is 12.7. The zero-order valence-electron chi connectivity index (χ0n) is 14.6. The first kappa shape index (κ1) is 19.4. The van der Waals surface area contributed by atoms with Crippen molar-refractivity contribution < 1.29 is 9.53 Å². The van der Waals surface area contributed by atoms with E-state index in [2.05, 4.69) is 15.7 Å². The van der Waals surface area contributed by atoms with Gasteiger partial charge in [-0.15, -0.1) is 12.4 Å². The van der Waals surface area contributed by atoms with E-state index in [9.17, 15) is 4.79 Å². The topological polar surface area (TPSA) is 68.2 Å². The zero-order valence-corrected chi connectivity index (χ0v) is 15.4. The summed E-state index contributed by atoms with van der Waals surface area (Å²) in [7, 11) is 1.62. The molecular weight excluding hydrogens is 340 g/mol. The summed E-state index contributed by atoms with van der Waals surface area (Å²) in [6, 6.07) is 9.85. The molecule has 6 nitrogen and oxygen atoms in total. The summed E-state index contributed by atoms with van der Waals surface area (Å²) in [6.07, 6.45) is 5.04. The molecule has 0 radical (unpaired) electrons. The van der Waals surface area contributed by atoms with Gasteiger partial charge in [0.15, 0.2) is 0 Å². The first-order valence-corrected chi connectivity index (χ1v) is 8.31. The highest BCUT2D eigenvalue weighted by Crippen LogP contribution is 2.24. The quantitative estimate of drug-likeness (QED) is 0.853. The Labute approximate surface area is 154 Å². The number of benzene rings is 1. The van der Waals surface area contributed by atoms with Gasteiger partial charge in [-0.25, -0.2) is 4.68 Å². The number of carbonyl (C=O) groups excluding carboxylic acids is 1. The Balaban J connectivity index is 0.00000225. The number of halogens is 1. The Morgan fingerprint density at radius 2 is 2.00 bits per heavy atom. The van der Waals surface area contributed by atoms with Crippen LogP contribution in [0.15, 0.2) is 42.7 Å². The van der Waals surface area contributed by atoms with Gasteiger partial charge < -0.3 is 15.4 Å². The summed E-state index contributed by atoms with van der Waals surface area (Å²) in [6.45, 7) is 3.59. The van der Waals surface area contributed by atoms with Crippen LogP contribution in [-0.2, 0) is 9.53 Å². The maximum Gasteiger partial charge on any atom is 0.252 e. The normalized spacial score (nSPS) is 17.4. The number of methoxy groups -OCH3 is 1. The molecular formula is C18H25ClN4O2. The van der Waals surface area contributed by atoms with E-state index in [1.807, 2.05) is 48.1 Å². The van der Waals surface area contributed by atoms with Gasteiger partial charge in [0.1, 0.15) is 5.60 Å². The van der Waals surface area contributed by atoms with E-state index in [1.54, 1.807) is 13.3 Å². The third-order valence-electron chi connectivity index (χ3n) is 4.73. The standard InChI is InChI=1S/C18H24N4O2.ClH/c1-14(21-17(23)18(24-2)8-11-19-12-9-18)15-4-6-16(7-5-15)22-13-3-10-20-22;/h3-7,10,13-14,19H,8-9,11-12H2,1-2H3,(H,21,23);1H. The van der Waals surface area contributed by atoms with Crippen LogP contribution in [0.5, 0.6) is 0 Å². The molecule has 1 amide bonds. The monoisotopic (exact) mass is 364 g/mol. The zero-order chi connectivity index (χ0) is 17.0. The van der Waals surface area contributed by atoms with E-state index in [4.69, 9.17) is 4.74 Å². The summed E-state index contributed by atoms with van der Waals surface area (Å²) >= 11 is 0. The van der Waals surface area contributed by atoms with Crippen molar-refractivity contribution in [1.82, 2.24) is 20.4 Å². The van der Waals surface area contributed by atoms with Crippen molar-refractivity contribution in [3.63, 3.8) is 0 Å². The van der Waals surface area contributed by atoms with E-state index in [0.29, 0.717) is 12.8 Å². The Bertz CT molecular complexity index is 667. The molecule has 1 aromatic carbocycles. The Morgan fingerprint density at radius 1 is 1.32 bits per heavy atom. The van der Waals surface area contributed by atoms with E-state index in [0.717, 1.165) is 24.3 Å². The third-order valence-corrected chi connectivity index (χ3v) is 4.73. The second-order valence-corrected chi connectivity index (χ2v) is 6.19. The number of ether oxygens (including phenoxy) is 1. The van der Waals surface area contributed by atoms with Crippen LogP contribution in [0.1, 0.15) is 31.4 Å². The van der Waals surface area contributed by atoms with Gasteiger partial charge in [-0.05, 0) is 56.6 Å². The van der Waals surface area contributed by atoms with E-state index in [-0.39, 0.29) is 24.4 Å². The molecule has 1 saturated heterocycles. The lowest BCUT2D eigenvalue weighted by atomic mass is 9.90. The number of rotatable bonds is 5. The van der Waals surface area contributed by atoms with Crippen molar-refractivity contribution in [2.75, 3.05) is 20.2 Å². The fourth-order valence-corrected chi connectivity index (χ4v) is 3.10. The van der Waals surface area contributed by atoms with Crippen LogP contribution in [0.2, 0.25) is 0 Å². The van der Waals surface area contributed by atoms with Crippen molar-refractivity contribution in [3.8, 4) is 5.69 Å². The Hall–Kier alpha value is -1.89. The molecule has 1 aliphatic rings. The van der Waals surface area contributed by atoms with Crippen LogP contribution in [0.4, 0.5) is 0 Å². The largest absolute Gasteiger partial charge is 0.368 e. The molecule has 1 aliphatic heterocycles. The first-order chi connectivity index (χ1) is 11.6. The molecule has 0 aliphatic carbocycles. The van der Waals surface area contributed by atoms with Crippen molar-refractivity contribution in [2.24, 2.45) is 0 Å². The van der Waals surface area contributed by atoms with Crippen LogP contribution in [0.3, 0.4) is 0 Å². The number of nitrogens with zero attached hydrogens (tertiary/aromatic N) is 2. The molecule has 2 aromatic rings. The minimum atomic E-state index is -0.714. The molecule has 0 spiro atoms. The molecule has 7 heteroatoms. The van der Waals surface area contributed by atoms with Gasteiger partial charge >= 0.3 is 0 Å². The fraction of sp³-hybridized carbons (Fsp3) is 0.444. The van der Waals surface area contributed by atoms with Gasteiger partial charge in [-0.2, -0.15) is 5.10 Å². The number of hydrogen-bond acceptors (Lipinski definition) is 4. The maximum absolute atomic E-state index is 12.7. The molecule has 1 aromatic heterocycles. The summed E-state index contributed by atoms with van der Waals surface area (Å²) in [5.41, 5.74) is 1.34. The summed E-state index contributed by atoms with van der Waals surface area (Å²) in [5.74, 6) is -0.0323. The van der Waals surface area contributed by atoms with Crippen molar-refractivity contribution in [3.05, 3.63) is 48.3 Å². The molecule has 1 fully saturated rings. The van der Waals surface area contributed by atoms with Gasteiger partial charge in [-0.1, -0.05) is 12.1 Å². The maximum atomic E-state index is 12.7. The van der Waals surface area contributed by atoms with Crippen LogP contribution < -0.4 is 10.6 Å². The van der Waals surface area contributed by atoms with Gasteiger partial charge in [0.2, 0.25) is 0 Å². The third kappa shape index (κ3) is 4.21. The summed E-state index contributed by atoms with van der Waals surface area (Å²) in [5, 5.41) is 10.6. The minimum absolute atomic E-state index is 0. The van der Waals surface area contributed by atoms with E-state index in [1.165, 1.54) is 0 Å². The number of amides is 1. The lowest BCUT2D eigenvalue weighted by Gasteiger charge is -2.35. The molecule has 1 atom stereocenters. The molecule has 0 saturated carbocycles. The highest BCUT2D eigenvalue weighted by molar-refractivity contribution is 5.86. The average molecular weight is 365 g/mol. The molecule has 2 heterocycles. The molecule has 0 bridgehead atoms. The predicted octanol–water partition coefficient (Wildman–Crippen LogP) is 2.24. The van der Waals surface area contributed by atoms with Gasteiger partial charge in [0.05, 0.1) is 11.7 Å². The van der Waals surface area contributed by atoms with Gasteiger partial charge in [0, 0.05) is 19.5 Å². The average Bonchev–Trinajstić information content (AvgIpc) is 3.17. The van der Waals surface area contributed by atoms with Crippen LogP contribution in [0.25, 0.3) is 5.69 Å². The first-order valence-electron chi connectivity index (χ1n) is 8.31. The lowest BCUT2D eigenvalue weighted by molar-refractivity contribution is -0.147. The van der Waals surface area contributed by atoms with Crippen LogP contribution in [0, 0.1) is 0 Å². The number of carbonyl (C=O) groups is 1. The lowest BCUT2D eigenvalue weighted by Crippen LogP contribution is -2.54. The Morgan fingerprint density at radius 3 is 2.56 bits per heavy atom. The van der Waals surface area contributed by atoms with Crippen LogP contribution in [-0.4, -0.2) is 41.5 Å². The molecule has 136 valence electrons. The minimum Gasteiger partial charge on any atom is -0.368 e. The molecule has 25 heavy (non-hydrogen) atoms. The number of nitrogens with one attached hydrogen (secondary N) is 2. The second-order valence-electron chi connectivity index (χ2n) is 6.19. The highest BCUT2D eigenvalue weighted by Gasteiger charge is 2.40. The van der Waals surface area contributed by atoms with E-state index >= 15 is 0 Å². The van der Waals surface area contributed by atoms with Crippen molar-refractivity contribution in [2.45, 2.75) is 31.4 Å². The second kappa shape index (κ2) is 8.47. The summed E-state index contributed by atoms with van der Waals surface area (Å²) < 4.78 is 7.39. The number of hydrogen-bond donors (Lipinski definition) is 2. The number of piperidine rings is 1. The smallest absolute Gasteiger partial charge is 0.252 e. The predicted molar refractivity (Wildman–Crippen MR) is 99.2 cm³/mol. The fourth-order valence-electron chi connectivity index (χ4n) is 3.10. The van der Waals surface area contributed by atoms with Crippen LogP contribution >= 0.6 is 12.4 Å². The highest BCUT2D eigenvalue weighted by atomic mass is 35.5.